The van der Waals surface area contributed by atoms with Gasteiger partial charge in [0, 0.05) is 193 Å². The molecule has 15 aromatic rings. The smallest absolute Gasteiger partial charge is 0.335 e. The highest BCUT2D eigenvalue weighted by Crippen LogP contribution is 2.31. The molecule has 0 saturated carbocycles. The fourth-order valence-corrected chi connectivity index (χ4v) is 15.3. The molecule has 0 atom stereocenters. The minimum atomic E-state index is -3.49. The van der Waals surface area contributed by atoms with E-state index in [1.807, 2.05) is 75.4 Å². The Kier molecular flexibility index (Phi) is 24.5. The average molecular weight is 1610 g/mol. The molecule has 25 nitrogen and oxygen atoms in total. The SMILES string of the molecule is Cc1cnc2c(S(C)(=O)=O)cc(Cc3cc(C(=O)NCc4cnc5[nH]cc(Cl)c5c4)ccn3)cc2c1.Cc1cnc2c(S(C)(=O)=O)cc(Cc3cc(C(=O)NCc4cnc5[nH]cc(Cl)c5c4)ccn3)cc2c1.Cc1cnc2c(S(C)(=O)=O)cc(Cc3cc(C(=O)O)ccn3)cc2c1.Cl.NCc1cnc2[nH]cc(Cl)c2c1. The number of carbonyl (C=O) groups is 3. The number of nitrogens with two attached hydrogens (primary N) is 1. The molecule has 0 radical (unpaired) electrons. The first-order valence-electron chi connectivity index (χ1n) is 33.4. The van der Waals surface area contributed by atoms with E-state index in [9.17, 15) is 39.6 Å². The summed E-state index contributed by atoms with van der Waals surface area (Å²) in [6.07, 6.45) is 24.2. The van der Waals surface area contributed by atoms with Gasteiger partial charge in [0.2, 0.25) is 0 Å². The van der Waals surface area contributed by atoms with Crippen molar-refractivity contribution < 1.29 is 44.7 Å². The lowest BCUT2D eigenvalue weighted by Crippen LogP contribution is -2.23. The molecule has 0 aliphatic carbocycles. The quantitative estimate of drug-likeness (QED) is 0.0445. The van der Waals surface area contributed by atoms with Crippen molar-refractivity contribution in [2.24, 2.45) is 5.73 Å². The molecule has 8 N–H and O–H groups in total. The number of hydrogen-bond donors (Lipinski definition) is 7. The van der Waals surface area contributed by atoms with Crippen LogP contribution in [0.1, 0.15) is 98.2 Å². The minimum Gasteiger partial charge on any atom is -0.478 e. The van der Waals surface area contributed by atoms with Crippen LogP contribution in [0.3, 0.4) is 0 Å². The van der Waals surface area contributed by atoms with Gasteiger partial charge in [-0.25, -0.2) is 45.0 Å². The predicted octanol–water partition coefficient (Wildman–Crippen LogP) is 13.5. The highest BCUT2D eigenvalue weighted by Gasteiger charge is 2.21. The third kappa shape index (κ3) is 19.4. The number of aromatic nitrogens is 12. The lowest BCUT2D eigenvalue weighted by Gasteiger charge is -2.10. The number of fused-ring (bicyclic) bond motifs is 6. The minimum absolute atomic E-state index is 0. The summed E-state index contributed by atoms with van der Waals surface area (Å²) < 4.78 is 74.0. The number of carboxylic acid groups (broad SMARTS) is 1. The van der Waals surface area contributed by atoms with Gasteiger partial charge in [-0.05, 0) is 180 Å². The molecular weight excluding hydrogens is 1540 g/mol. The van der Waals surface area contributed by atoms with E-state index in [0.717, 1.165) is 94.3 Å². The zero-order chi connectivity index (χ0) is 77.6. The topological polar surface area (TPSA) is 387 Å². The van der Waals surface area contributed by atoms with Gasteiger partial charge < -0.3 is 36.4 Å². The number of sulfone groups is 3. The molecule has 32 heteroatoms. The number of rotatable bonds is 17. The number of aryl methyl sites for hydroxylation is 3. The van der Waals surface area contributed by atoms with Crippen molar-refractivity contribution in [3.05, 3.63) is 282 Å². The molecule has 15 rings (SSSR count). The summed E-state index contributed by atoms with van der Waals surface area (Å²) in [7, 11) is -10.4. The number of halogens is 4. The fourth-order valence-electron chi connectivity index (χ4n) is 12.0. The fraction of sp³-hybridized carbons (Fsp3) is 0.154. The number of aromatic amines is 3. The second kappa shape index (κ2) is 33.7. The monoisotopic (exact) mass is 1610 g/mol. The first kappa shape index (κ1) is 79.8. The van der Waals surface area contributed by atoms with Crippen LogP contribution in [0.5, 0.6) is 0 Å². The summed E-state index contributed by atoms with van der Waals surface area (Å²) >= 11 is 18.2. The zero-order valence-corrected chi connectivity index (χ0v) is 65.1. The molecule has 0 unspecified atom stereocenters. The van der Waals surface area contributed by atoms with E-state index < -0.39 is 35.5 Å². The van der Waals surface area contributed by atoms with Crippen LogP contribution in [-0.4, -0.2) is 127 Å². The van der Waals surface area contributed by atoms with E-state index in [4.69, 9.17) is 45.6 Å². The summed E-state index contributed by atoms with van der Waals surface area (Å²) in [4.78, 5) is 84.8. The number of carbonyl (C=O) groups excluding carboxylic acids is 2. The van der Waals surface area contributed by atoms with Crippen molar-refractivity contribution in [1.82, 2.24) is 70.4 Å². The van der Waals surface area contributed by atoms with Gasteiger partial charge in [-0.3, -0.25) is 39.5 Å². The molecule has 0 bridgehead atoms. The molecular formula is C78H69Cl4N15O10S3. The molecule has 0 saturated heterocycles. The first-order valence-corrected chi connectivity index (χ1v) is 40.2. The Bertz CT molecular complexity index is 6200. The summed E-state index contributed by atoms with van der Waals surface area (Å²) in [5.74, 6) is -1.54. The first-order chi connectivity index (χ1) is 51.9. The van der Waals surface area contributed by atoms with Crippen molar-refractivity contribution >= 4 is 160 Å². The van der Waals surface area contributed by atoms with Crippen LogP contribution in [0.2, 0.25) is 15.1 Å². The van der Waals surface area contributed by atoms with Crippen LogP contribution < -0.4 is 16.4 Å². The summed E-state index contributed by atoms with van der Waals surface area (Å²) in [6, 6.07) is 31.5. The zero-order valence-electron chi connectivity index (χ0n) is 59.6. The Morgan fingerprint density at radius 1 is 0.409 bits per heavy atom. The molecule has 12 heterocycles. The summed E-state index contributed by atoms with van der Waals surface area (Å²) in [5, 5.41) is 21.4. The van der Waals surface area contributed by atoms with E-state index in [-0.39, 0.29) is 57.6 Å². The molecule has 12 aromatic heterocycles. The van der Waals surface area contributed by atoms with Gasteiger partial charge in [0.1, 0.15) is 16.9 Å². The number of pyridine rings is 9. The van der Waals surface area contributed by atoms with Crippen molar-refractivity contribution in [2.45, 2.75) is 74.4 Å². The number of nitrogens with zero attached hydrogens (tertiary/aromatic N) is 9. The van der Waals surface area contributed by atoms with Gasteiger partial charge >= 0.3 is 5.97 Å². The largest absolute Gasteiger partial charge is 0.478 e. The number of aromatic carboxylic acids is 1. The molecule has 562 valence electrons. The maximum absolute atomic E-state index is 12.8. The summed E-state index contributed by atoms with van der Waals surface area (Å²) in [5.41, 5.74) is 19.6. The van der Waals surface area contributed by atoms with E-state index in [2.05, 4.69) is 70.4 Å². The van der Waals surface area contributed by atoms with E-state index in [0.29, 0.717) is 96.9 Å². The van der Waals surface area contributed by atoms with Gasteiger partial charge in [0.15, 0.2) is 29.5 Å². The van der Waals surface area contributed by atoms with Crippen molar-refractivity contribution in [3.63, 3.8) is 0 Å². The number of benzene rings is 3. The molecule has 3 aromatic carbocycles. The van der Waals surface area contributed by atoms with E-state index in [1.54, 1.807) is 111 Å². The average Bonchev–Trinajstić information content (AvgIpc) is 0.885. The Hall–Kier alpha value is -11.2. The van der Waals surface area contributed by atoms with E-state index in [1.165, 1.54) is 30.8 Å². The predicted molar refractivity (Wildman–Crippen MR) is 428 cm³/mol. The lowest BCUT2D eigenvalue weighted by molar-refractivity contribution is 0.0695. The Balaban J connectivity index is 0.000000153. The number of H-pyrrole nitrogens is 3. The van der Waals surface area contributed by atoms with Crippen LogP contribution >= 0.6 is 47.2 Å². The second-order valence-electron chi connectivity index (χ2n) is 26.0. The molecule has 0 aliphatic heterocycles. The maximum atomic E-state index is 12.8. The van der Waals surface area contributed by atoms with Crippen LogP contribution in [0.15, 0.2) is 198 Å². The summed E-state index contributed by atoms with van der Waals surface area (Å²) in [6.45, 7) is 6.76. The Labute approximate surface area is 652 Å². The third-order valence-corrected chi connectivity index (χ3v) is 21.4. The normalized spacial score (nSPS) is 11.5. The highest BCUT2D eigenvalue weighted by atomic mass is 35.5. The molecule has 0 fully saturated rings. The van der Waals surface area contributed by atoms with E-state index >= 15 is 0 Å². The van der Waals surface area contributed by atoms with Crippen LogP contribution in [0.25, 0.3) is 65.8 Å². The number of carboxylic acids is 1. The number of amides is 2. The Morgan fingerprint density at radius 2 is 0.718 bits per heavy atom. The molecule has 0 aliphatic rings. The van der Waals surface area contributed by atoms with Crippen LogP contribution in [-0.2, 0) is 68.4 Å². The standard InChI is InChI=1S/2C26H22ClN5O3S.C18H16N2O4S.C8H8ClN3.ClH/c2*1-15-5-19-6-16(9-23(36(2,34)35)24(19)29-11-15)7-20-10-18(3-4-28-20)26(33)32-13-17-8-21-22(27)14-31-25(21)30-12-17;1-11-5-14-6-12(7-15-9-13(18(21)22)3-4-19-15)8-16(25(2,23)24)17(14)20-10-11;9-7-4-12-8-6(7)1-5(2-10)3-11-8;/h2*3-6,8-12,14H,7,13H2,1-2H3,(H,30,31)(H,32,33);3-6,8-10H,7H2,1-2H3,(H,21,22);1,3-4H,2,10H2,(H,11,12);1H. The van der Waals surface area contributed by atoms with Crippen molar-refractivity contribution in [3.8, 4) is 0 Å². The molecule has 0 spiro atoms. The van der Waals surface area contributed by atoms with Gasteiger partial charge in [0.25, 0.3) is 11.8 Å². The lowest BCUT2D eigenvalue weighted by atomic mass is 10.0. The number of hydrogen-bond acceptors (Lipinski definition) is 19. The van der Waals surface area contributed by atoms with Crippen LogP contribution in [0.4, 0.5) is 0 Å². The van der Waals surface area contributed by atoms with Crippen molar-refractivity contribution in [1.29, 1.82) is 0 Å². The highest BCUT2D eigenvalue weighted by molar-refractivity contribution is 7.91. The van der Waals surface area contributed by atoms with Crippen molar-refractivity contribution in [2.75, 3.05) is 18.8 Å². The maximum Gasteiger partial charge on any atom is 0.335 e. The van der Waals surface area contributed by atoms with Gasteiger partial charge in [0.05, 0.1) is 51.9 Å². The molecule has 2 amide bonds. The van der Waals surface area contributed by atoms with Gasteiger partial charge in [-0.1, -0.05) is 34.8 Å². The van der Waals surface area contributed by atoms with Crippen LogP contribution in [0, 0.1) is 20.8 Å². The van der Waals surface area contributed by atoms with Gasteiger partial charge in [-0.15, -0.1) is 12.4 Å². The van der Waals surface area contributed by atoms with Gasteiger partial charge in [-0.2, -0.15) is 0 Å². The number of nitrogens with one attached hydrogen (secondary N) is 5. The molecule has 110 heavy (non-hydrogen) atoms. The Morgan fingerprint density at radius 3 is 1.04 bits per heavy atom. The third-order valence-electron chi connectivity index (χ3n) is 17.2. The second-order valence-corrected chi connectivity index (χ2v) is 33.2.